The highest BCUT2D eigenvalue weighted by Crippen LogP contribution is 2.23. The van der Waals surface area contributed by atoms with Crippen molar-refractivity contribution in [2.75, 3.05) is 13.1 Å². The first kappa shape index (κ1) is 11.3. The van der Waals surface area contributed by atoms with Crippen LogP contribution in [0.1, 0.15) is 30.1 Å². The van der Waals surface area contributed by atoms with Gasteiger partial charge in [-0.2, -0.15) is 0 Å². The van der Waals surface area contributed by atoms with Crippen molar-refractivity contribution in [2.24, 2.45) is 0 Å². The summed E-state index contributed by atoms with van der Waals surface area (Å²) in [6.07, 6.45) is 7.80. The molecule has 0 radical (unpaired) electrons. The molecule has 1 fully saturated rings. The highest BCUT2D eigenvalue weighted by molar-refractivity contribution is 5.47. The number of aromatic nitrogens is 4. The molecule has 0 unspecified atom stereocenters. The molecule has 3 rings (SSSR count). The normalized spacial score (nSPS) is 16.9. The molecule has 0 amide bonds. The Morgan fingerprint density at radius 3 is 2.50 bits per heavy atom. The van der Waals surface area contributed by atoms with Gasteiger partial charge in [-0.3, -0.25) is 4.98 Å². The molecule has 1 aliphatic heterocycles. The summed E-state index contributed by atoms with van der Waals surface area (Å²) in [6, 6.07) is 0. The van der Waals surface area contributed by atoms with Crippen LogP contribution in [0.5, 0.6) is 0 Å². The number of imidazole rings is 1. The number of piperidine rings is 1. The van der Waals surface area contributed by atoms with Gasteiger partial charge in [0.25, 0.3) is 0 Å². The Bertz CT molecular complexity index is 510. The van der Waals surface area contributed by atoms with Crippen LogP contribution >= 0.6 is 0 Å². The van der Waals surface area contributed by atoms with E-state index < -0.39 is 0 Å². The van der Waals surface area contributed by atoms with E-state index in [0.717, 1.165) is 48.8 Å². The van der Waals surface area contributed by atoms with E-state index in [1.807, 2.05) is 19.3 Å². The van der Waals surface area contributed by atoms with Gasteiger partial charge in [-0.25, -0.2) is 9.97 Å². The number of H-pyrrole nitrogens is 1. The molecule has 3 heterocycles. The van der Waals surface area contributed by atoms with E-state index in [-0.39, 0.29) is 0 Å². The molecule has 1 aliphatic rings. The molecule has 0 spiro atoms. The lowest BCUT2D eigenvalue weighted by Gasteiger charge is -2.21. The van der Waals surface area contributed by atoms with Gasteiger partial charge < -0.3 is 10.3 Å². The summed E-state index contributed by atoms with van der Waals surface area (Å²) in [7, 11) is 0. The van der Waals surface area contributed by atoms with Gasteiger partial charge in [0.15, 0.2) is 5.82 Å². The first-order chi connectivity index (χ1) is 8.83. The molecule has 2 aromatic heterocycles. The maximum atomic E-state index is 4.54. The maximum absolute atomic E-state index is 4.54. The van der Waals surface area contributed by atoms with E-state index in [2.05, 4.69) is 25.3 Å². The molecule has 0 atom stereocenters. The lowest BCUT2D eigenvalue weighted by Crippen LogP contribution is -2.27. The van der Waals surface area contributed by atoms with E-state index in [0.29, 0.717) is 5.92 Å². The number of aryl methyl sites for hydroxylation is 1. The van der Waals surface area contributed by atoms with Crippen molar-refractivity contribution in [1.82, 2.24) is 25.3 Å². The Balaban J connectivity index is 1.80. The third-order valence-electron chi connectivity index (χ3n) is 3.37. The predicted molar refractivity (Wildman–Crippen MR) is 69.2 cm³/mol. The lowest BCUT2D eigenvalue weighted by molar-refractivity contribution is 0.452. The van der Waals surface area contributed by atoms with Crippen LogP contribution in [0, 0.1) is 6.92 Å². The van der Waals surface area contributed by atoms with Crippen LogP contribution in [0.3, 0.4) is 0 Å². The van der Waals surface area contributed by atoms with Gasteiger partial charge in [-0.15, -0.1) is 0 Å². The minimum atomic E-state index is 0.547. The smallest absolute Gasteiger partial charge is 0.157 e. The van der Waals surface area contributed by atoms with Crippen molar-refractivity contribution in [1.29, 1.82) is 0 Å². The van der Waals surface area contributed by atoms with E-state index in [1.165, 1.54) is 0 Å². The Kier molecular flexibility index (Phi) is 3.06. The quantitative estimate of drug-likeness (QED) is 0.841. The number of hydrogen-bond acceptors (Lipinski definition) is 4. The molecule has 0 bridgehead atoms. The van der Waals surface area contributed by atoms with Gasteiger partial charge in [0.05, 0.1) is 11.9 Å². The molecule has 0 aliphatic carbocycles. The Labute approximate surface area is 106 Å². The summed E-state index contributed by atoms with van der Waals surface area (Å²) in [6.45, 7) is 4.13. The highest BCUT2D eigenvalue weighted by Gasteiger charge is 2.17. The van der Waals surface area contributed by atoms with Crippen LogP contribution in [0.15, 0.2) is 18.6 Å². The monoisotopic (exact) mass is 243 g/mol. The SMILES string of the molecule is Cc1cnc(-c2cnc(C3CCNCC3)cn2)[nH]1. The maximum Gasteiger partial charge on any atom is 0.157 e. The molecule has 2 aromatic rings. The summed E-state index contributed by atoms with van der Waals surface area (Å²) in [4.78, 5) is 16.4. The fourth-order valence-electron chi connectivity index (χ4n) is 2.33. The zero-order valence-corrected chi connectivity index (χ0v) is 10.5. The number of nitrogens with one attached hydrogen (secondary N) is 2. The molecule has 2 N–H and O–H groups in total. The number of rotatable bonds is 2. The minimum Gasteiger partial charge on any atom is -0.341 e. The summed E-state index contributed by atoms with van der Waals surface area (Å²) in [5.41, 5.74) is 2.94. The van der Waals surface area contributed by atoms with Crippen LogP contribution in [0.4, 0.5) is 0 Å². The Morgan fingerprint density at radius 2 is 1.89 bits per heavy atom. The summed E-state index contributed by atoms with van der Waals surface area (Å²) >= 11 is 0. The zero-order valence-electron chi connectivity index (χ0n) is 10.5. The van der Waals surface area contributed by atoms with Crippen molar-refractivity contribution in [3.05, 3.63) is 30.0 Å². The van der Waals surface area contributed by atoms with Crippen LogP contribution in [0.25, 0.3) is 11.5 Å². The van der Waals surface area contributed by atoms with Crippen LogP contribution in [-0.4, -0.2) is 33.0 Å². The molecule has 0 aromatic carbocycles. The van der Waals surface area contributed by atoms with Crippen molar-refractivity contribution in [3.63, 3.8) is 0 Å². The van der Waals surface area contributed by atoms with Gasteiger partial charge in [-0.05, 0) is 32.9 Å². The molecular formula is C13H17N5. The number of aromatic amines is 1. The molecule has 1 saturated heterocycles. The standard InChI is InChI=1S/C13H17N5/c1-9-6-17-13(18-9)12-8-15-11(7-16-12)10-2-4-14-5-3-10/h6-8,10,14H,2-5H2,1H3,(H,17,18). The van der Waals surface area contributed by atoms with E-state index in [4.69, 9.17) is 0 Å². The average Bonchev–Trinajstić information content (AvgIpc) is 2.87. The van der Waals surface area contributed by atoms with E-state index in [9.17, 15) is 0 Å². The topological polar surface area (TPSA) is 66.5 Å². The molecule has 18 heavy (non-hydrogen) atoms. The van der Waals surface area contributed by atoms with Gasteiger partial charge >= 0.3 is 0 Å². The van der Waals surface area contributed by atoms with Gasteiger partial charge in [0.2, 0.25) is 0 Å². The largest absolute Gasteiger partial charge is 0.341 e. The fraction of sp³-hybridized carbons (Fsp3) is 0.462. The summed E-state index contributed by atoms with van der Waals surface area (Å²) in [5, 5.41) is 3.36. The second-order valence-electron chi connectivity index (χ2n) is 4.77. The molecule has 94 valence electrons. The minimum absolute atomic E-state index is 0.547. The Hall–Kier alpha value is -1.75. The third kappa shape index (κ3) is 2.26. The second kappa shape index (κ2) is 4.86. The van der Waals surface area contributed by atoms with Gasteiger partial charge in [0, 0.05) is 24.0 Å². The second-order valence-corrected chi connectivity index (χ2v) is 4.77. The van der Waals surface area contributed by atoms with E-state index >= 15 is 0 Å². The third-order valence-corrected chi connectivity index (χ3v) is 3.37. The molecule has 0 saturated carbocycles. The molecule has 5 nitrogen and oxygen atoms in total. The van der Waals surface area contributed by atoms with Crippen molar-refractivity contribution in [2.45, 2.75) is 25.7 Å². The first-order valence-corrected chi connectivity index (χ1v) is 6.37. The van der Waals surface area contributed by atoms with Crippen molar-refractivity contribution in [3.8, 4) is 11.5 Å². The lowest BCUT2D eigenvalue weighted by atomic mass is 9.95. The first-order valence-electron chi connectivity index (χ1n) is 6.37. The Morgan fingerprint density at radius 1 is 1.06 bits per heavy atom. The van der Waals surface area contributed by atoms with Crippen molar-refractivity contribution >= 4 is 0 Å². The predicted octanol–water partition coefficient (Wildman–Crippen LogP) is 1.64. The van der Waals surface area contributed by atoms with Crippen LogP contribution < -0.4 is 5.32 Å². The van der Waals surface area contributed by atoms with Gasteiger partial charge in [0.1, 0.15) is 5.69 Å². The number of nitrogens with zero attached hydrogens (tertiary/aromatic N) is 3. The van der Waals surface area contributed by atoms with Gasteiger partial charge in [-0.1, -0.05) is 0 Å². The van der Waals surface area contributed by atoms with E-state index in [1.54, 1.807) is 6.20 Å². The highest BCUT2D eigenvalue weighted by atomic mass is 15.0. The molecule has 5 heteroatoms. The van der Waals surface area contributed by atoms with Crippen LogP contribution in [-0.2, 0) is 0 Å². The zero-order chi connectivity index (χ0) is 12.4. The average molecular weight is 243 g/mol. The summed E-state index contributed by atoms with van der Waals surface area (Å²) in [5.74, 6) is 1.34. The number of hydrogen-bond donors (Lipinski definition) is 2. The molecular weight excluding hydrogens is 226 g/mol. The fourth-order valence-corrected chi connectivity index (χ4v) is 2.33. The summed E-state index contributed by atoms with van der Waals surface area (Å²) < 4.78 is 0. The van der Waals surface area contributed by atoms with Crippen molar-refractivity contribution < 1.29 is 0 Å². The van der Waals surface area contributed by atoms with Crippen LogP contribution in [0.2, 0.25) is 0 Å².